The van der Waals surface area contributed by atoms with Gasteiger partial charge in [-0.2, -0.15) is 0 Å². The topological polar surface area (TPSA) is 86.7 Å². The van der Waals surface area contributed by atoms with E-state index in [2.05, 4.69) is 5.32 Å². The molecular weight excluding hydrogens is 380 g/mol. The molecule has 1 unspecified atom stereocenters. The molecule has 2 amide bonds. The lowest BCUT2D eigenvalue weighted by Crippen LogP contribution is -2.37. The van der Waals surface area contributed by atoms with Gasteiger partial charge in [-0.3, -0.25) is 14.4 Å². The summed E-state index contributed by atoms with van der Waals surface area (Å²) in [6, 6.07) is 14.6. The van der Waals surface area contributed by atoms with Crippen molar-refractivity contribution >= 4 is 35.0 Å². The van der Waals surface area contributed by atoms with Gasteiger partial charge in [-0.25, -0.2) is 0 Å². The average molecular weight is 399 g/mol. The SMILES string of the molecule is CC(=O)NCCN1C(=O)C(=O)C(=C(O)c2ccccc2)C1c1ccc(Cl)cc1. The quantitative estimate of drug-likeness (QED) is 0.460. The summed E-state index contributed by atoms with van der Waals surface area (Å²) in [5.74, 6) is -1.95. The first-order chi connectivity index (χ1) is 13.4. The molecule has 1 aliphatic heterocycles. The van der Waals surface area contributed by atoms with E-state index in [4.69, 9.17) is 11.6 Å². The zero-order valence-corrected chi connectivity index (χ0v) is 15.9. The van der Waals surface area contributed by atoms with E-state index in [-0.39, 0.29) is 30.3 Å². The third kappa shape index (κ3) is 3.92. The lowest BCUT2D eigenvalue weighted by atomic mass is 9.95. The summed E-state index contributed by atoms with van der Waals surface area (Å²) >= 11 is 5.97. The molecule has 1 saturated heterocycles. The third-order valence-electron chi connectivity index (χ3n) is 4.50. The number of ketones is 1. The minimum atomic E-state index is -0.772. The third-order valence-corrected chi connectivity index (χ3v) is 4.75. The first kappa shape index (κ1) is 19.6. The van der Waals surface area contributed by atoms with Crippen LogP contribution in [-0.2, 0) is 14.4 Å². The van der Waals surface area contributed by atoms with Gasteiger partial charge in [-0.1, -0.05) is 54.1 Å². The van der Waals surface area contributed by atoms with Crippen LogP contribution >= 0.6 is 11.6 Å². The standard InChI is InChI=1S/C21H19ClN2O4/c1-13(25)23-11-12-24-18(14-7-9-16(22)10-8-14)17(20(27)21(24)28)19(26)15-5-3-2-4-6-15/h2-10,18,26H,11-12H2,1H3,(H,23,25). The molecular formula is C21H19ClN2O4. The Kier molecular flexibility index (Phi) is 5.80. The van der Waals surface area contributed by atoms with E-state index < -0.39 is 17.7 Å². The molecule has 1 fully saturated rings. The Hall–Kier alpha value is -3.12. The maximum atomic E-state index is 12.8. The number of hydrogen-bond acceptors (Lipinski definition) is 4. The summed E-state index contributed by atoms with van der Waals surface area (Å²) in [5, 5.41) is 13.9. The summed E-state index contributed by atoms with van der Waals surface area (Å²) in [5.41, 5.74) is 1.10. The molecule has 3 rings (SSSR count). The predicted octanol–water partition coefficient (Wildman–Crippen LogP) is 2.90. The predicted molar refractivity (Wildman–Crippen MR) is 106 cm³/mol. The Morgan fingerprint density at radius 1 is 1.11 bits per heavy atom. The van der Waals surface area contributed by atoms with Crippen LogP contribution in [0.2, 0.25) is 5.02 Å². The van der Waals surface area contributed by atoms with Crippen molar-refractivity contribution in [1.82, 2.24) is 10.2 Å². The number of Topliss-reactive ketones (excluding diaryl/α,β-unsaturated/α-hetero) is 1. The van der Waals surface area contributed by atoms with Gasteiger partial charge in [0.2, 0.25) is 5.91 Å². The Bertz CT molecular complexity index is 939. The number of carbonyl (C=O) groups excluding carboxylic acids is 3. The van der Waals surface area contributed by atoms with Crippen LogP contribution < -0.4 is 5.32 Å². The number of likely N-dealkylation sites (tertiary alicyclic amines) is 1. The molecule has 0 aromatic heterocycles. The molecule has 1 atom stereocenters. The number of nitrogens with one attached hydrogen (secondary N) is 1. The van der Waals surface area contributed by atoms with Crippen LogP contribution in [0.4, 0.5) is 0 Å². The van der Waals surface area contributed by atoms with E-state index in [0.717, 1.165) is 0 Å². The van der Waals surface area contributed by atoms with Gasteiger partial charge < -0.3 is 15.3 Å². The minimum Gasteiger partial charge on any atom is -0.507 e. The van der Waals surface area contributed by atoms with Gasteiger partial charge in [-0.05, 0) is 17.7 Å². The number of amides is 2. The molecule has 2 N–H and O–H groups in total. The average Bonchev–Trinajstić information content (AvgIpc) is 2.93. The summed E-state index contributed by atoms with van der Waals surface area (Å²) in [6.45, 7) is 1.70. The molecule has 0 spiro atoms. The fourth-order valence-corrected chi connectivity index (χ4v) is 3.33. The summed E-state index contributed by atoms with van der Waals surface area (Å²) in [7, 11) is 0. The van der Waals surface area contributed by atoms with E-state index in [0.29, 0.717) is 16.1 Å². The first-order valence-electron chi connectivity index (χ1n) is 8.74. The van der Waals surface area contributed by atoms with Crippen LogP contribution in [0.3, 0.4) is 0 Å². The van der Waals surface area contributed by atoms with Crippen molar-refractivity contribution in [1.29, 1.82) is 0 Å². The lowest BCUT2D eigenvalue weighted by molar-refractivity contribution is -0.139. The number of rotatable bonds is 5. The van der Waals surface area contributed by atoms with Crippen LogP contribution in [0.15, 0.2) is 60.2 Å². The maximum Gasteiger partial charge on any atom is 0.295 e. The van der Waals surface area contributed by atoms with Crippen molar-refractivity contribution in [2.45, 2.75) is 13.0 Å². The van der Waals surface area contributed by atoms with Crippen LogP contribution in [0.5, 0.6) is 0 Å². The number of aliphatic hydroxyl groups excluding tert-OH is 1. The second-order valence-corrected chi connectivity index (χ2v) is 6.83. The Balaban J connectivity index is 2.08. The van der Waals surface area contributed by atoms with Gasteiger partial charge >= 0.3 is 0 Å². The van der Waals surface area contributed by atoms with Gasteiger partial charge in [-0.15, -0.1) is 0 Å². The van der Waals surface area contributed by atoms with Crippen molar-refractivity contribution < 1.29 is 19.5 Å². The summed E-state index contributed by atoms with van der Waals surface area (Å²) in [6.07, 6.45) is 0. The van der Waals surface area contributed by atoms with Gasteiger partial charge in [0.1, 0.15) is 5.76 Å². The van der Waals surface area contributed by atoms with E-state index in [9.17, 15) is 19.5 Å². The van der Waals surface area contributed by atoms with Crippen LogP contribution in [0, 0.1) is 0 Å². The number of hydrogen-bond donors (Lipinski definition) is 2. The molecule has 28 heavy (non-hydrogen) atoms. The van der Waals surface area contributed by atoms with Crippen molar-refractivity contribution in [2.75, 3.05) is 13.1 Å². The molecule has 0 saturated carbocycles. The highest BCUT2D eigenvalue weighted by atomic mass is 35.5. The fourth-order valence-electron chi connectivity index (χ4n) is 3.21. The molecule has 144 valence electrons. The van der Waals surface area contributed by atoms with E-state index in [1.165, 1.54) is 11.8 Å². The first-order valence-corrected chi connectivity index (χ1v) is 9.11. The van der Waals surface area contributed by atoms with Gasteiger partial charge in [0.25, 0.3) is 11.7 Å². The monoisotopic (exact) mass is 398 g/mol. The smallest absolute Gasteiger partial charge is 0.295 e. The number of carbonyl (C=O) groups is 3. The molecule has 7 heteroatoms. The van der Waals surface area contributed by atoms with E-state index in [1.54, 1.807) is 54.6 Å². The molecule has 2 aromatic carbocycles. The van der Waals surface area contributed by atoms with E-state index in [1.807, 2.05) is 0 Å². The highest BCUT2D eigenvalue weighted by Crippen LogP contribution is 2.39. The maximum absolute atomic E-state index is 12.8. The molecule has 6 nitrogen and oxygen atoms in total. The van der Waals surface area contributed by atoms with Crippen LogP contribution in [-0.4, -0.2) is 40.7 Å². The van der Waals surface area contributed by atoms with Crippen molar-refractivity contribution in [3.05, 3.63) is 76.3 Å². The number of benzene rings is 2. The zero-order valence-electron chi connectivity index (χ0n) is 15.2. The zero-order chi connectivity index (χ0) is 20.3. The van der Waals surface area contributed by atoms with Gasteiger partial charge in [0, 0.05) is 30.6 Å². The largest absolute Gasteiger partial charge is 0.507 e. The Morgan fingerprint density at radius 2 is 1.75 bits per heavy atom. The number of nitrogens with zero attached hydrogens (tertiary/aromatic N) is 1. The Morgan fingerprint density at radius 3 is 2.36 bits per heavy atom. The molecule has 0 aliphatic carbocycles. The van der Waals surface area contributed by atoms with Crippen molar-refractivity contribution in [2.24, 2.45) is 0 Å². The fraction of sp³-hybridized carbons (Fsp3) is 0.190. The second kappa shape index (κ2) is 8.27. The van der Waals surface area contributed by atoms with Crippen LogP contribution in [0.1, 0.15) is 24.1 Å². The number of aliphatic hydroxyl groups is 1. The Labute approximate surface area is 167 Å². The molecule has 1 heterocycles. The normalized spacial score (nSPS) is 18.4. The highest BCUT2D eigenvalue weighted by molar-refractivity contribution is 6.46. The second-order valence-electron chi connectivity index (χ2n) is 6.39. The van der Waals surface area contributed by atoms with Crippen LogP contribution in [0.25, 0.3) is 5.76 Å². The molecule has 0 bridgehead atoms. The molecule has 0 radical (unpaired) electrons. The summed E-state index contributed by atoms with van der Waals surface area (Å²) in [4.78, 5) is 37.9. The minimum absolute atomic E-state index is 0.0151. The summed E-state index contributed by atoms with van der Waals surface area (Å²) < 4.78 is 0. The molecule has 2 aromatic rings. The van der Waals surface area contributed by atoms with Crippen molar-refractivity contribution in [3.8, 4) is 0 Å². The lowest BCUT2D eigenvalue weighted by Gasteiger charge is -2.25. The van der Waals surface area contributed by atoms with Crippen molar-refractivity contribution in [3.63, 3.8) is 0 Å². The number of halogens is 1. The molecule has 1 aliphatic rings. The van der Waals surface area contributed by atoms with Gasteiger partial charge in [0.15, 0.2) is 0 Å². The van der Waals surface area contributed by atoms with Gasteiger partial charge in [0.05, 0.1) is 11.6 Å². The highest BCUT2D eigenvalue weighted by Gasteiger charge is 2.45. The van der Waals surface area contributed by atoms with E-state index >= 15 is 0 Å².